The van der Waals surface area contributed by atoms with E-state index in [0.29, 0.717) is 42.4 Å². The summed E-state index contributed by atoms with van der Waals surface area (Å²) in [5, 5.41) is 4.74. The molecule has 0 spiro atoms. The average molecular weight is 472 g/mol. The van der Waals surface area contributed by atoms with E-state index in [1.807, 2.05) is 41.1 Å². The Balaban J connectivity index is 1.61. The number of benzene rings is 1. The molecule has 3 heterocycles. The molecule has 0 unspecified atom stereocenters. The van der Waals surface area contributed by atoms with Gasteiger partial charge in [-0.2, -0.15) is 11.3 Å². The zero-order chi connectivity index (χ0) is 22.7. The highest BCUT2D eigenvalue weighted by molar-refractivity contribution is 7.07. The summed E-state index contributed by atoms with van der Waals surface area (Å²) in [5.74, 6) is 0.201. The fraction of sp³-hybridized carbons (Fsp3) is 0.333. The van der Waals surface area contributed by atoms with E-state index < -0.39 is 0 Å². The first-order chi connectivity index (χ1) is 15.5. The summed E-state index contributed by atoms with van der Waals surface area (Å²) in [5.41, 5.74) is 3.29. The number of ether oxygens (including phenoxy) is 1. The molecule has 1 amide bonds. The van der Waals surface area contributed by atoms with Gasteiger partial charge in [-0.25, -0.2) is 0 Å². The first kappa shape index (κ1) is 22.6. The van der Waals surface area contributed by atoms with Crippen molar-refractivity contribution in [1.29, 1.82) is 0 Å². The van der Waals surface area contributed by atoms with Gasteiger partial charge in [0.1, 0.15) is 11.3 Å². The smallest absolute Gasteiger partial charge is 0.259 e. The van der Waals surface area contributed by atoms with E-state index >= 15 is 0 Å². The summed E-state index contributed by atoms with van der Waals surface area (Å²) >= 11 is 7.74. The van der Waals surface area contributed by atoms with Crippen LogP contribution in [0.15, 0.2) is 52.0 Å². The van der Waals surface area contributed by atoms with Gasteiger partial charge in [0.15, 0.2) is 0 Å². The van der Waals surface area contributed by atoms with Crippen molar-refractivity contribution in [1.82, 2.24) is 14.4 Å². The first-order valence-corrected chi connectivity index (χ1v) is 11.8. The quantitative estimate of drug-likeness (QED) is 0.547. The number of amides is 1. The van der Waals surface area contributed by atoms with E-state index in [2.05, 4.69) is 4.90 Å². The van der Waals surface area contributed by atoms with Crippen LogP contribution in [0.5, 0.6) is 5.75 Å². The van der Waals surface area contributed by atoms with Crippen LogP contribution in [0.25, 0.3) is 0 Å². The highest BCUT2D eigenvalue weighted by atomic mass is 35.5. The van der Waals surface area contributed by atoms with Crippen LogP contribution < -0.4 is 10.3 Å². The number of hydrogen-bond acceptors (Lipinski definition) is 5. The van der Waals surface area contributed by atoms with Crippen molar-refractivity contribution in [3.63, 3.8) is 0 Å². The maximum absolute atomic E-state index is 13.5. The second-order valence-corrected chi connectivity index (χ2v) is 9.19. The predicted octanol–water partition coefficient (Wildman–Crippen LogP) is 3.90. The van der Waals surface area contributed by atoms with Crippen molar-refractivity contribution in [3.8, 4) is 5.75 Å². The average Bonchev–Trinajstić information content (AvgIpc) is 3.19. The number of thiophene rings is 1. The van der Waals surface area contributed by atoms with Gasteiger partial charge >= 0.3 is 0 Å². The van der Waals surface area contributed by atoms with Crippen LogP contribution in [-0.4, -0.2) is 47.5 Å². The van der Waals surface area contributed by atoms with E-state index in [1.165, 1.54) is 13.2 Å². The Labute approximate surface area is 196 Å². The molecule has 2 aromatic heterocycles. The lowest BCUT2D eigenvalue weighted by atomic mass is 10.1. The first-order valence-electron chi connectivity index (χ1n) is 10.5. The zero-order valence-electron chi connectivity index (χ0n) is 18.2. The topological polar surface area (TPSA) is 54.8 Å². The van der Waals surface area contributed by atoms with Crippen molar-refractivity contribution in [2.75, 3.05) is 27.2 Å². The van der Waals surface area contributed by atoms with Gasteiger partial charge in [-0.1, -0.05) is 23.7 Å². The summed E-state index contributed by atoms with van der Waals surface area (Å²) in [7, 11) is 3.29. The number of halogens is 1. The second-order valence-electron chi connectivity index (χ2n) is 7.97. The minimum atomic E-state index is -0.140. The number of pyridine rings is 1. The Morgan fingerprint density at radius 3 is 2.75 bits per heavy atom. The number of carbonyl (C=O) groups is 1. The zero-order valence-corrected chi connectivity index (χ0v) is 19.8. The van der Waals surface area contributed by atoms with Crippen LogP contribution in [0.3, 0.4) is 0 Å². The van der Waals surface area contributed by atoms with Crippen LogP contribution >= 0.6 is 22.9 Å². The van der Waals surface area contributed by atoms with E-state index in [0.717, 1.165) is 29.9 Å². The van der Waals surface area contributed by atoms with Gasteiger partial charge in [0, 0.05) is 63.0 Å². The van der Waals surface area contributed by atoms with Crippen molar-refractivity contribution in [3.05, 3.63) is 84.9 Å². The molecule has 1 aromatic carbocycles. The summed E-state index contributed by atoms with van der Waals surface area (Å²) in [6, 6.07) is 11.3. The van der Waals surface area contributed by atoms with Crippen LogP contribution in [-0.2, 0) is 26.1 Å². The highest BCUT2D eigenvalue weighted by Gasteiger charge is 2.27. The number of carbonyl (C=O) groups excluding carboxylic acids is 1. The molecule has 8 heteroatoms. The fourth-order valence-electron chi connectivity index (χ4n) is 4.16. The number of rotatable bonds is 6. The molecule has 0 saturated heterocycles. The molecule has 1 aliphatic rings. The fourth-order valence-corrected chi connectivity index (χ4v) is 5.03. The van der Waals surface area contributed by atoms with Gasteiger partial charge in [-0.05, 0) is 40.1 Å². The Hall–Kier alpha value is -2.61. The standard InChI is InChI=1S/C24H26ClN3O3S/c1-26(14-18-7-11-32-16-18)24(30)23-20-6-8-27(15-17-4-3-5-19(25)12-17)9-10-28(20)22(29)13-21(23)31-2/h3-5,7,11-13,16H,6,8-10,14-15H2,1-2H3. The normalized spacial score (nSPS) is 14.0. The van der Waals surface area contributed by atoms with Crippen LogP contribution in [0.1, 0.15) is 27.2 Å². The van der Waals surface area contributed by atoms with Gasteiger partial charge in [0.05, 0.1) is 7.11 Å². The molecule has 0 atom stereocenters. The molecule has 0 N–H and O–H groups in total. The van der Waals surface area contributed by atoms with Crippen molar-refractivity contribution in [2.24, 2.45) is 0 Å². The lowest BCUT2D eigenvalue weighted by molar-refractivity contribution is 0.0779. The van der Waals surface area contributed by atoms with Gasteiger partial charge < -0.3 is 14.2 Å². The lowest BCUT2D eigenvalue weighted by Gasteiger charge is -2.22. The van der Waals surface area contributed by atoms with Gasteiger partial charge in [-0.3, -0.25) is 14.5 Å². The lowest BCUT2D eigenvalue weighted by Crippen LogP contribution is -2.32. The van der Waals surface area contributed by atoms with Crippen LogP contribution in [0, 0.1) is 0 Å². The Morgan fingerprint density at radius 2 is 2.03 bits per heavy atom. The molecular weight excluding hydrogens is 446 g/mol. The van der Waals surface area contributed by atoms with Crippen molar-refractivity contribution >= 4 is 28.8 Å². The maximum atomic E-state index is 13.5. The van der Waals surface area contributed by atoms with E-state index in [1.54, 1.807) is 27.9 Å². The third kappa shape index (κ3) is 4.90. The molecule has 3 aromatic rings. The Morgan fingerprint density at radius 1 is 1.19 bits per heavy atom. The summed E-state index contributed by atoms with van der Waals surface area (Å²) in [4.78, 5) is 30.3. The van der Waals surface area contributed by atoms with Gasteiger partial charge in [-0.15, -0.1) is 0 Å². The third-order valence-electron chi connectivity index (χ3n) is 5.76. The molecule has 168 valence electrons. The molecule has 0 fully saturated rings. The van der Waals surface area contributed by atoms with Crippen LogP contribution in [0.4, 0.5) is 0 Å². The summed E-state index contributed by atoms with van der Waals surface area (Å²) in [6.45, 7) is 3.21. The molecule has 1 aliphatic heterocycles. The summed E-state index contributed by atoms with van der Waals surface area (Å²) < 4.78 is 7.22. The van der Waals surface area contributed by atoms with Crippen LogP contribution in [0.2, 0.25) is 5.02 Å². The second kappa shape index (κ2) is 9.90. The molecule has 0 saturated carbocycles. The van der Waals surface area contributed by atoms with E-state index in [-0.39, 0.29) is 11.5 Å². The summed E-state index contributed by atoms with van der Waals surface area (Å²) in [6.07, 6.45) is 0.584. The highest BCUT2D eigenvalue weighted by Crippen LogP contribution is 2.25. The molecular formula is C24H26ClN3O3S. The van der Waals surface area contributed by atoms with Gasteiger partial charge in [0.25, 0.3) is 11.5 Å². The molecule has 6 nitrogen and oxygen atoms in total. The third-order valence-corrected chi connectivity index (χ3v) is 6.73. The number of hydrogen-bond donors (Lipinski definition) is 0. The maximum Gasteiger partial charge on any atom is 0.259 e. The molecule has 0 bridgehead atoms. The van der Waals surface area contributed by atoms with Crippen molar-refractivity contribution < 1.29 is 9.53 Å². The van der Waals surface area contributed by atoms with Crippen molar-refractivity contribution in [2.45, 2.75) is 26.1 Å². The van der Waals surface area contributed by atoms with Gasteiger partial charge in [0.2, 0.25) is 0 Å². The number of fused-ring (bicyclic) bond motifs is 1. The Kier molecular flexibility index (Phi) is 6.98. The number of nitrogens with zero attached hydrogens (tertiary/aromatic N) is 3. The van der Waals surface area contributed by atoms with E-state index in [9.17, 15) is 9.59 Å². The molecule has 0 aliphatic carbocycles. The van der Waals surface area contributed by atoms with E-state index in [4.69, 9.17) is 16.3 Å². The molecule has 0 radical (unpaired) electrons. The number of methoxy groups -OCH3 is 1. The minimum Gasteiger partial charge on any atom is -0.496 e. The monoisotopic (exact) mass is 471 g/mol. The molecule has 32 heavy (non-hydrogen) atoms. The number of aromatic nitrogens is 1. The molecule has 4 rings (SSSR count). The minimum absolute atomic E-state index is 0.139. The Bertz CT molecular complexity index is 1160. The predicted molar refractivity (Wildman–Crippen MR) is 128 cm³/mol. The largest absolute Gasteiger partial charge is 0.496 e. The SMILES string of the molecule is COc1cc(=O)n2c(c1C(=O)N(C)Cc1ccsc1)CCN(Cc1cccc(Cl)c1)CC2.